The van der Waals surface area contributed by atoms with Gasteiger partial charge in [0.1, 0.15) is 5.54 Å². The minimum atomic E-state index is -1.03. The lowest BCUT2D eigenvalue weighted by atomic mass is 9.77. The molecule has 13 nitrogen and oxygen atoms in total. The highest BCUT2D eigenvalue weighted by Crippen LogP contribution is 2.54. The third-order valence-electron chi connectivity index (χ3n) is 12.6. The minimum absolute atomic E-state index is 0.0106. The number of urea groups is 2. The molecule has 51 heavy (non-hydrogen) atoms. The topological polar surface area (TPSA) is 146 Å². The summed E-state index contributed by atoms with van der Waals surface area (Å²) < 4.78 is 0. The van der Waals surface area contributed by atoms with Crippen LogP contribution in [0.25, 0.3) is 10.9 Å². The van der Waals surface area contributed by atoms with E-state index < -0.39 is 5.54 Å². The van der Waals surface area contributed by atoms with Crippen molar-refractivity contribution in [1.29, 1.82) is 0 Å². The van der Waals surface area contributed by atoms with Crippen molar-refractivity contribution in [3.63, 3.8) is 0 Å². The van der Waals surface area contributed by atoms with E-state index in [1.165, 1.54) is 0 Å². The normalized spacial score (nSPS) is 25.2. The maximum absolute atomic E-state index is 14.7. The highest BCUT2D eigenvalue weighted by molar-refractivity contribution is 5.97. The Bertz CT molecular complexity index is 1860. The molecule has 3 aromatic rings. The molecular weight excluding hydrogens is 646 g/mol. The predicted octanol–water partition coefficient (Wildman–Crippen LogP) is 3.77. The zero-order valence-corrected chi connectivity index (χ0v) is 29.8. The number of carbonyl (C=O) groups is 4. The number of aryl methyl sites for hydroxylation is 1. The molecule has 6 amide bonds. The number of nitrogens with zero attached hydrogens (tertiary/aromatic N) is 5. The molecule has 270 valence electrons. The van der Waals surface area contributed by atoms with Gasteiger partial charge in [-0.15, -0.1) is 0 Å². The van der Waals surface area contributed by atoms with Crippen molar-refractivity contribution in [3.05, 3.63) is 59.3 Å². The molecule has 1 aliphatic carbocycles. The lowest BCUT2D eigenvalue weighted by Gasteiger charge is -2.41. The molecule has 0 radical (unpaired) electrons. The number of rotatable bonds is 6. The van der Waals surface area contributed by atoms with Crippen molar-refractivity contribution in [1.82, 2.24) is 40.4 Å². The van der Waals surface area contributed by atoms with Gasteiger partial charge in [-0.3, -0.25) is 14.7 Å². The molecule has 0 bridgehead atoms. The average molecular weight is 696 g/mol. The van der Waals surface area contributed by atoms with Crippen LogP contribution in [0.2, 0.25) is 0 Å². The lowest BCUT2D eigenvalue weighted by molar-refractivity contribution is -0.137. The molecule has 5 aliphatic rings. The molecule has 3 saturated heterocycles. The van der Waals surface area contributed by atoms with Gasteiger partial charge in [-0.05, 0) is 93.7 Å². The van der Waals surface area contributed by atoms with E-state index in [4.69, 9.17) is 0 Å². The molecule has 1 saturated carbocycles. The first-order valence-corrected chi connectivity index (χ1v) is 18.5. The summed E-state index contributed by atoms with van der Waals surface area (Å²) in [6.07, 6.45) is 6.33. The Kier molecular flexibility index (Phi) is 8.43. The first-order chi connectivity index (χ1) is 24.6. The largest absolute Gasteiger partial charge is 0.341 e. The fraction of sp³-hybridized carbons (Fsp3) is 0.553. The number of fused-ring (bicyclic) bond motifs is 2. The first kappa shape index (κ1) is 33.5. The number of benzene rings is 2. The molecule has 2 aromatic carbocycles. The van der Waals surface area contributed by atoms with Gasteiger partial charge in [-0.2, -0.15) is 5.10 Å². The van der Waals surface area contributed by atoms with E-state index in [0.29, 0.717) is 65.1 Å². The van der Waals surface area contributed by atoms with Gasteiger partial charge < -0.3 is 35.6 Å². The van der Waals surface area contributed by atoms with Crippen molar-refractivity contribution in [3.8, 4) is 0 Å². The van der Waals surface area contributed by atoms with Crippen LogP contribution in [0.3, 0.4) is 0 Å². The Labute approximate surface area is 298 Å². The molecule has 1 unspecified atom stereocenters. The number of piperidine rings is 2. The third kappa shape index (κ3) is 5.98. The average Bonchev–Trinajstić information content (AvgIpc) is 3.43. The second-order valence-corrected chi connectivity index (χ2v) is 15.6. The van der Waals surface area contributed by atoms with E-state index >= 15 is 0 Å². The summed E-state index contributed by atoms with van der Waals surface area (Å²) in [5.41, 5.74) is 3.97. The summed E-state index contributed by atoms with van der Waals surface area (Å²) in [4.78, 5) is 62.2. The number of likely N-dealkylation sites (tertiary alicyclic amines) is 3. The number of aromatic amines is 1. The van der Waals surface area contributed by atoms with Crippen LogP contribution in [0.5, 0.6) is 0 Å². The lowest BCUT2D eigenvalue weighted by Crippen LogP contribution is -2.57. The van der Waals surface area contributed by atoms with Gasteiger partial charge in [0, 0.05) is 68.8 Å². The first-order valence-electron chi connectivity index (χ1n) is 18.5. The number of hydrogen-bond donors (Lipinski definition) is 4. The number of nitrogens with one attached hydrogen (secondary N) is 4. The van der Waals surface area contributed by atoms with Crippen LogP contribution in [0, 0.1) is 12.3 Å². The van der Waals surface area contributed by atoms with E-state index in [2.05, 4.69) is 38.3 Å². The maximum Gasteiger partial charge on any atom is 0.322 e. The number of hydrogen-bond acceptors (Lipinski definition) is 6. The number of anilines is 1. The molecule has 4 aliphatic heterocycles. The van der Waals surface area contributed by atoms with E-state index in [1.807, 2.05) is 57.7 Å². The van der Waals surface area contributed by atoms with Crippen LogP contribution in [-0.4, -0.2) is 118 Å². The van der Waals surface area contributed by atoms with Gasteiger partial charge in [0.2, 0.25) is 11.8 Å². The standard InChI is InChI=1S/C38H49N9O4/c1-24-18-27(19-28-21-40-43-32(24)28)30-20-38(30,34(49)46-17-12-37(23-46)10-15-44(16-11-37)33(48)25(2)39-3)42-36(51)45-13-8-29(9-14-45)47-22-26-6-4-5-7-31(26)41-35(47)50/h4-7,18-19,21,25,29-30,39H,8-17,20,22-23H2,1-3H3,(H,40,43)(H,41,50)(H,42,51)/t25-,30+,38?/m1/s1. The molecule has 1 spiro atoms. The van der Waals surface area contributed by atoms with Gasteiger partial charge in [0.15, 0.2) is 0 Å². The Morgan fingerprint density at radius 3 is 2.45 bits per heavy atom. The Morgan fingerprint density at radius 2 is 1.71 bits per heavy atom. The fourth-order valence-electron chi connectivity index (χ4n) is 9.12. The molecule has 13 heteroatoms. The zero-order chi connectivity index (χ0) is 35.5. The fourth-order valence-corrected chi connectivity index (χ4v) is 9.12. The van der Waals surface area contributed by atoms with Gasteiger partial charge in [0.25, 0.3) is 0 Å². The van der Waals surface area contributed by atoms with Crippen LogP contribution in [-0.2, 0) is 16.1 Å². The van der Waals surface area contributed by atoms with Crippen molar-refractivity contribution in [2.75, 3.05) is 51.6 Å². The summed E-state index contributed by atoms with van der Waals surface area (Å²) in [5.74, 6) is -0.0385. The quantitative estimate of drug-likeness (QED) is 0.309. The summed E-state index contributed by atoms with van der Waals surface area (Å²) in [6, 6.07) is 11.6. The van der Waals surface area contributed by atoms with E-state index in [-0.39, 0.29) is 47.3 Å². The summed E-state index contributed by atoms with van der Waals surface area (Å²) in [6.45, 7) is 8.19. The highest BCUT2D eigenvalue weighted by atomic mass is 16.2. The van der Waals surface area contributed by atoms with Crippen molar-refractivity contribution in [2.24, 2.45) is 5.41 Å². The van der Waals surface area contributed by atoms with Crippen LogP contribution in [0.15, 0.2) is 42.6 Å². The number of carbonyl (C=O) groups excluding carboxylic acids is 4. The highest BCUT2D eigenvalue weighted by Gasteiger charge is 2.64. The Balaban J connectivity index is 0.966. The van der Waals surface area contributed by atoms with Crippen LogP contribution in [0.1, 0.15) is 68.1 Å². The van der Waals surface area contributed by atoms with Crippen LogP contribution < -0.4 is 16.0 Å². The summed E-state index contributed by atoms with van der Waals surface area (Å²) in [7, 11) is 1.81. The zero-order valence-electron chi connectivity index (χ0n) is 29.8. The van der Waals surface area contributed by atoms with E-state index in [9.17, 15) is 19.2 Å². The molecule has 8 rings (SSSR count). The number of likely N-dealkylation sites (N-methyl/N-ethyl adjacent to an activating group) is 1. The summed E-state index contributed by atoms with van der Waals surface area (Å²) in [5, 5.41) is 17.6. The predicted molar refractivity (Wildman–Crippen MR) is 193 cm³/mol. The molecule has 1 aromatic heterocycles. The Hall–Kier alpha value is -4.65. The van der Waals surface area contributed by atoms with Gasteiger partial charge >= 0.3 is 12.1 Å². The number of para-hydroxylation sites is 1. The summed E-state index contributed by atoms with van der Waals surface area (Å²) >= 11 is 0. The monoisotopic (exact) mass is 695 g/mol. The second kappa shape index (κ2) is 12.8. The molecule has 5 heterocycles. The number of H-pyrrole nitrogens is 1. The number of amides is 6. The van der Waals surface area contributed by atoms with Crippen molar-refractivity contribution in [2.45, 2.75) is 82.5 Å². The van der Waals surface area contributed by atoms with E-state index in [1.54, 1.807) is 13.2 Å². The molecular formula is C38H49N9O4. The Morgan fingerprint density at radius 1 is 0.980 bits per heavy atom. The van der Waals surface area contributed by atoms with Crippen molar-refractivity contribution >= 4 is 40.5 Å². The smallest absolute Gasteiger partial charge is 0.322 e. The number of aromatic nitrogens is 2. The maximum atomic E-state index is 14.7. The van der Waals surface area contributed by atoms with E-state index in [0.717, 1.165) is 52.5 Å². The van der Waals surface area contributed by atoms with Crippen molar-refractivity contribution < 1.29 is 19.2 Å². The molecule has 4 fully saturated rings. The van der Waals surface area contributed by atoms with Gasteiger partial charge in [0.05, 0.1) is 17.8 Å². The van der Waals surface area contributed by atoms with Gasteiger partial charge in [-0.25, -0.2) is 9.59 Å². The van der Waals surface area contributed by atoms with Crippen LogP contribution in [0.4, 0.5) is 15.3 Å². The second-order valence-electron chi connectivity index (χ2n) is 15.6. The van der Waals surface area contributed by atoms with Gasteiger partial charge in [-0.1, -0.05) is 24.3 Å². The minimum Gasteiger partial charge on any atom is -0.341 e. The third-order valence-corrected chi connectivity index (χ3v) is 12.6. The van der Waals surface area contributed by atoms with Crippen LogP contribution >= 0.6 is 0 Å². The SMILES string of the molecule is CN[C@H](C)C(=O)N1CCC2(CC1)CCN(C(=O)C1(NC(=O)N3CCC(N4Cc5ccccc5NC4=O)CC3)C[C@H]1c1cc(C)c3[nH]ncc3c1)C2. The molecule has 4 N–H and O–H groups in total. The molecule has 3 atom stereocenters.